The van der Waals surface area contributed by atoms with Crippen LogP contribution >= 0.6 is 0 Å². The number of Topliss-reactive ketones (excluding diaryl/α,β-unsaturated/α-hetero) is 1. The van der Waals surface area contributed by atoms with Gasteiger partial charge in [-0.15, -0.1) is 0 Å². The van der Waals surface area contributed by atoms with Crippen LogP contribution in [0, 0.1) is 0 Å². The molecule has 4 nitrogen and oxygen atoms in total. The average Bonchev–Trinajstić information content (AvgIpc) is 2.84. The van der Waals surface area contributed by atoms with Gasteiger partial charge < -0.3 is 5.32 Å². The predicted octanol–water partition coefficient (Wildman–Crippen LogP) is 3.13. The van der Waals surface area contributed by atoms with Crippen molar-refractivity contribution in [1.29, 1.82) is 0 Å². The van der Waals surface area contributed by atoms with Gasteiger partial charge in [0.2, 0.25) is 0 Å². The van der Waals surface area contributed by atoms with E-state index in [0.717, 1.165) is 31.5 Å². The lowest BCUT2D eigenvalue weighted by atomic mass is 10.1. The van der Waals surface area contributed by atoms with Gasteiger partial charge in [0, 0.05) is 18.7 Å². The number of rotatable bonds is 10. The van der Waals surface area contributed by atoms with Crippen molar-refractivity contribution in [3.8, 4) is 0 Å². The molecule has 0 fully saturated rings. The highest BCUT2D eigenvalue weighted by molar-refractivity contribution is 5.80. The number of nitrogens with one attached hydrogen (secondary N) is 1. The standard InChI is InChI=1S/C16H29N3O/c1-5-15(6-2)19-11-9-14(18-19)12-16(20)8-7-10-17-13(3)4/h9,11,13,15,17H,5-8,10,12H2,1-4H3. The Balaban J connectivity index is 2.35. The summed E-state index contributed by atoms with van der Waals surface area (Å²) in [6.45, 7) is 9.48. The minimum absolute atomic E-state index is 0.283. The summed E-state index contributed by atoms with van der Waals surface area (Å²) in [5, 5.41) is 7.86. The molecule has 0 aromatic carbocycles. The second kappa shape index (κ2) is 8.90. The van der Waals surface area contributed by atoms with Crippen LogP contribution in [0.4, 0.5) is 0 Å². The molecule has 1 aromatic heterocycles. The van der Waals surface area contributed by atoms with Crippen LogP contribution in [0.3, 0.4) is 0 Å². The highest BCUT2D eigenvalue weighted by Gasteiger charge is 2.10. The number of carbonyl (C=O) groups is 1. The molecule has 0 spiro atoms. The number of ketones is 1. The summed E-state index contributed by atoms with van der Waals surface area (Å²) in [4.78, 5) is 11.9. The van der Waals surface area contributed by atoms with Crippen molar-refractivity contribution in [3.05, 3.63) is 18.0 Å². The van der Waals surface area contributed by atoms with Gasteiger partial charge in [-0.2, -0.15) is 5.10 Å². The van der Waals surface area contributed by atoms with E-state index in [1.807, 2.05) is 16.9 Å². The predicted molar refractivity (Wildman–Crippen MR) is 82.9 cm³/mol. The molecule has 0 aliphatic carbocycles. The molecule has 0 unspecified atom stereocenters. The van der Waals surface area contributed by atoms with E-state index in [0.29, 0.717) is 24.9 Å². The molecule has 1 N–H and O–H groups in total. The minimum atomic E-state index is 0.283. The third kappa shape index (κ3) is 5.87. The van der Waals surface area contributed by atoms with E-state index in [2.05, 4.69) is 38.1 Å². The summed E-state index contributed by atoms with van der Waals surface area (Å²) in [5.41, 5.74) is 0.902. The first-order valence-electron chi connectivity index (χ1n) is 7.85. The van der Waals surface area contributed by atoms with E-state index in [9.17, 15) is 4.79 Å². The Labute approximate surface area is 122 Å². The topological polar surface area (TPSA) is 46.9 Å². The molecular formula is C16H29N3O. The van der Waals surface area contributed by atoms with Crippen LogP contribution in [0.1, 0.15) is 65.1 Å². The van der Waals surface area contributed by atoms with Crippen molar-refractivity contribution in [1.82, 2.24) is 15.1 Å². The van der Waals surface area contributed by atoms with Crippen LogP contribution < -0.4 is 5.32 Å². The molecule has 114 valence electrons. The molecule has 20 heavy (non-hydrogen) atoms. The second-order valence-electron chi connectivity index (χ2n) is 5.69. The van der Waals surface area contributed by atoms with Gasteiger partial charge >= 0.3 is 0 Å². The Morgan fingerprint density at radius 1 is 1.35 bits per heavy atom. The molecule has 0 saturated heterocycles. The van der Waals surface area contributed by atoms with Crippen molar-refractivity contribution >= 4 is 5.78 Å². The van der Waals surface area contributed by atoms with Crippen LogP contribution in [0.5, 0.6) is 0 Å². The van der Waals surface area contributed by atoms with Gasteiger partial charge in [0.05, 0.1) is 18.2 Å². The minimum Gasteiger partial charge on any atom is -0.315 e. The van der Waals surface area contributed by atoms with Crippen molar-refractivity contribution in [2.24, 2.45) is 0 Å². The smallest absolute Gasteiger partial charge is 0.138 e. The molecule has 1 rings (SSSR count). The number of hydrogen-bond donors (Lipinski definition) is 1. The van der Waals surface area contributed by atoms with Gasteiger partial charge in [-0.1, -0.05) is 27.7 Å². The monoisotopic (exact) mass is 279 g/mol. The lowest BCUT2D eigenvalue weighted by Crippen LogP contribution is -2.24. The molecular weight excluding hydrogens is 250 g/mol. The Morgan fingerprint density at radius 2 is 2.05 bits per heavy atom. The van der Waals surface area contributed by atoms with Gasteiger partial charge in [-0.05, 0) is 31.9 Å². The summed E-state index contributed by atoms with van der Waals surface area (Å²) in [7, 11) is 0. The first-order chi connectivity index (χ1) is 9.56. The fraction of sp³-hybridized carbons (Fsp3) is 0.750. The molecule has 1 heterocycles. The summed E-state index contributed by atoms with van der Waals surface area (Å²) in [6.07, 6.45) is 6.16. The zero-order valence-corrected chi connectivity index (χ0v) is 13.4. The van der Waals surface area contributed by atoms with Gasteiger partial charge in [0.1, 0.15) is 5.78 Å². The second-order valence-corrected chi connectivity index (χ2v) is 5.69. The fourth-order valence-electron chi connectivity index (χ4n) is 2.30. The highest BCUT2D eigenvalue weighted by atomic mass is 16.1. The maximum absolute atomic E-state index is 11.9. The average molecular weight is 279 g/mol. The third-order valence-electron chi connectivity index (χ3n) is 3.54. The summed E-state index contributed by atoms with van der Waals surface area (Å²) in [6, 6.07) is 2.91. The zero-order valence-electron chi connectivity index (χ0n) is 13.4. The summed E-state index contributed by atoms with van der Waals surface area (Å²) < 4.78 is 2.00. The first kappa shape index (κ1) is 16.9. The maximum atomic E-state index is 11.9. The molecule has 4 heteroatoms. The molecule has 0 radical (unpaired) electrons. The molecule has 0 aliphatic rings. The molecule has 1 aromatic rings. The van der Waals surface area contributed by atoms with E-state index in [1.165, 1.54) is 0 Å². The lowest BCUT2D eigenvalue weighted by molar-refractivity contribution is -0.118. The van der Waals surface area contributed by atoms with Crippen LogP contribution in [0.25, 0.3) is 0 Å². The van der Waals surface area contributed by atoms with E-state index in [1.54, 1.807) is 0 Å². The Hall–Kier alpha value is -1.16. The Bertz CT molecular complexity index is 394. The Kier molecular flexibility index (Phi) is 7.52. The van der Waals surface area contributed by atoms with Gasteiger partial charge in [-0.25, -0.2) is 0 Å². The summed E-state index contributed by atoms with van der Waals surface area (Å²) in [5.74, 6) is 0.283. The molecule has 0 aliphatic heterocycles. The number of nitrogens with zero attached hydrogens (tertiary/aromatic N) is 2. The van der Waals surface area contributed by atoms with E-state index >= 15 is 0 Å². The van der Waals surface area contributed by atoms with Crippen molar-refractivity contribution in [2.75, 3.05) is 6.54 Å². The van der Waals surface area contributed by atoms with Crippen LogP contribution in [0.15, 0.2) is 12.3 Å². The number of carbonyl (C=O) groups excluding carboxylic acids is 1. The van der Waals surface area contributed by atoms with Crippen molar-refractivity contribution < 1.29 is 4.79 Å². The van der Waals surface area contributed by atoms with Gasteiger partial charge in [0.25, 0.3) is 0 Å². The van der Waals surface area contributed by atoms with Gasteiger partial charge in [-0.3, -0.25) is 9.48 Å². The van der Waals surface area contributed by atoms with Crippen LogP contribution in [-0.4, -0.2) is 28.2 Å². The maximum Gasteiger partial charge on any atom is 0.138 e. The van der Waals surface area contributed by atoms with Gasteiger partial charge in [0.15, 0.2) is 0 Å². The zero-order chi connectivity index (χ0) is 15.0. The van der Waals surface area contributed by atoms with E-state index in [-0.39, 0.29) is 5.78 Å². The fourth-order valence-corrected chi connectivity index (χ4v) is 2.30. The molecule has 0 amide bonds. The molecule has 0 bridgehead atoms. The number of aromatic nitrogens is 2. The Morgan fingerprint density at radius 3 is 2.65 bits per heavy atom. The largest absolute Gasteiger partial charge is 0.315 e. The van der Waals surface area contributed by atoms with Crippen LogP contribution in [-0.2, 0) is 11.2 Å². The molecule has 0 atom stereocenters. The lowest BCUT2D eigenvalue weighted by Gasteiger charge is -2.12. The normalized spacial score (nSPS) is 11.5. The quantitative estimate of drug-likeness (QED) is 0.669. The van der Waals surface area contributed by atoms with E-state index < -0.39 is 0 Å². The molecule has 0 saturated carbocycles. The first-order valence-corrected chi connectivity index (χ1v) is 7.85. The highest BCUT2D eigenvalue weighted by Crippen LogP contribution is 2.14. The summed E-state index contributed by atoms with van der Waals surface area (Å²) >= 11 is 0. The van der Waals surface area contributed by atoms with Crippen LogP contribution in [0.2, 0.25) is 0 Å². The van der Waals surface area contributed by atoms with E-state index in [4.69, 9.17) is 0 Å². The van der Waals surface area contributed by atoms with Crippen molar-refractivity contribution in [2.45, 2.75) is 71.9 Å². The van der Waals surface area contributed by atoms with Crippen molar-refractivity contribution in [3.63, 3.8) is 0 Å². The third-order valence-corrected chi connectivity index (χ3v) is 3.54. The SMILES string of the molecule is CCC(CC)n1ccc(CC(=O)CCCNC(C)C)n1. The number of hydrogen-bond acceptors (Lipinski definition) is 3.